The summed E-state index contributed by atoms with van der Waals surface area (Å²) in [5.74, 6) is -0.259. The summed E-state index contributed by atoms with van der Waals surface area (Å²) in [5.41, 5.74) is 0.551. The number of rotatable bonds is 2. The Bertz CT molecular complexity index is 400. The third-order valence-corrected chi connectivity index (χ3v) is 3.45. The quantitative estimate of drug-likeness (QED) is 0.645. The first-order valence-electron chi connectivity index (χ1n) is 5.84. The molecule has 92 valence electrons. The van der Waals surface area contributed by atoms with Crippen molar-refractivity contribution in [2.45, 2.75) is 23.8 Å². The number of hydrogen-bond acceptors (Lipinski definition) is 4. The zero-order chi connectivity index (χ0) is 12.3. The van der Waals surface area contributed by atoms with E-state index < -0.39 is 0 Å². The molecule has 0 aliphatic carbocycles. The molecule has 2 rings (SSSR count). The molecule has 0 aromatic heterocycles. The highest BCUT2D eigenvalue weighted by Gasteiger charge is 2.21. The average molecular weight is 251 g/mol. The molecule has 17 heavy (non-hydrogen) atoms. The smallest absolute Gasteiger partial charge is 0.339 e. The lowest BCUT2D eigenvalue weighted by Gasteiger charge is -2.28. The van der Waals surface area contributed by atoms with Gasteiger partial charge in [0, 0.05) is 18.0 Å². The predicted octanol–water partition coefficient (Wildman–Crippen LogP) is 2.23. The van der Waals surface area contributed by atoms with Crippen LogP contribution in [0, 0.1) is 0 Å². The molecule has 1 fully saturated rings. The Morgan fingerprint density at radius 2 is 2.00 bits per heavy atom. The van der Waals surface area contributed by atoms with Crippen molar-refractivity contribution in [3.8, 4) is 0 Å². The van der Waals surface area contributed by atoms with Crippen LogP contribution in [0.4, 0.5) is 0 Å². The third kappa shape index (κ3) is 3.23. The Morgan fingerprint density at radius 3 is 2.65 bits per heavy atom. The molecule has 3 nitrogen and oxygen atoms in total. The highest BCUT2D eigenvalue weighted by Crippen LogP contribution is 2.18. The first-order chi connectivity index (χ1) is 8.16. The normalized spacial score (nSPS) is 18.0. The van der Waals surface area contributed by atoms with Crippen molar-refractivity contribution in [2.24, 2.45) is 0 Å². The number of likely N-dealkylation sites (tertiary alicyclic amines) is 1. The molecule has 0 unspecified atom stereocenters. The molecule has 0 radical (unpaired) electrons. The van der Waals surface area contributed by atoms with Gasteiger partial charge in [0.2, 0.25) is 0 Å². The van der Waals surface area contributed by atoms with Gasteiger partial charge >= 0.3 is 5.97 Å². The van der Waals surface area contributed by atoms with E-state index >= 15 is 0 Å². The van der Waals surface area contributed by atoms with E-state index in [1.165, 1.54) is 0 Å². The second-order valence-corrected chi connectivity index (χ2v) is 4.91. The minimum atomic E-state index is -0.259. The Morgan fingerprint density at radius 1 is 1.35 bits per heavy atom. The van der Waals surface area contributed by atoms with E-state index in [2.05, 4.69) is 24.6 Å². The van der Waals surface area contributed by atoms with Gasteiger partial charge in [-0.2, -0.15) is 0 Å². The molecule has 1 aromatic rings. The minimum Gasteiger partial charge on any atom is -0.459 e. The summed E-state index contributed by atoms with van der Waals surface area (Å²) in [7, 11) is 2.08. The molecule has 0 amide bonds. The van der Waals surface area contributed by atoms with Crippen LogP contribution >= 0.6 is 12.6 Å². The summed E-state index contributed by atoms with van der Waals surface area (Å²) in [4.78, 5) is 14.8. The number of carbonyl (C=O) groups is 1. The van der Waals surface area contributed by atoms with Crippen LogP contribution in [-0.4, -0.2) is 37.1 Å². The summed E-state index contributed by atoms with van der Waals surface area (Å²) >= 11 is 4.26. The Kier molecular flexibility index (Phi) is 4.07. The minimum absolute atomic E-state index is 0.0478. The molecule has 1 aromatic carbocycles. The molecule has 1 aliphatic heterocycles. The molecule has 1 aliphatic rings. The second-order valence-electron chi connectivity index (χ2n) is 4.43. The van der Waals surface area contributed by atoms with E-state index in [9.17, 15) is 4.79 Å². The van der Waals surface area contributed by atoms with Crippen LogP contribution in [0.3, 0.4) is 0 Å². The van der Waals surface area contributed by atoms with Crippen LogP contribution in [-0.2, 0) is 4.74 Å². The lowest BCUT2D eigenvalue weighted by Crippen LogP contribution is -2.35. The molecule has 0 spiro atoms. The first kappa shape index (κ1) is 12.5. The van der Waals surface area contributed by atoms with E-state index in [0.29, 0.717) is 10.5 Å². The standard InChI is InChI=1S/C13H17NO2S/c1-14-8-6-10(7-9-14)16-13(15)11-4-2-3-5-12(11)17/h2-5,10,17H,6-9H2,1H3. The third-order valence-electron chi connectivity index (χ3n) is 3.06. The summed E-state index contributed by atoms with van der Waals surface area (Å²) < 4.78 is 5.49. The van der Waals surface area contributed by atoms with Gasteiger partial charge in [-0.05, 0) is 32.0 Å². The van der Waals surface area contributed by atoms with E-state index in [1.807, 2.05) is 12.1 Å². The number of hydrogen-bond donors (Lipinski definition) is 1. The van der Waals surface area contributed by atoms with Crippen molar-refractivity contribution in [2.75, 3.05) is 20.1 Å². The van der Waals surface area contributed by atoms with Crippen LogP contribution in [0.25, 0.3) is 0 Å². The van der Waals surface area contributed by atoms with E-state index in [4.69, 9.17) is 4.74 Å². The van der Waals surface area contributed by atoms with Crippen molar-refractivity contribution in [1.29, 1.82) is 0 Å². The van der Waals surface area contributed by atoms with Crippen molar-refractivity contribution >= 4 is 18.6 Å². The fourth-order valence-corrected chi connectivity index (χ4v) is 2.22. The summed E-state index contributed by atoms with van der Waals surface area (Å²) in [6, 6.07) is 7.23. The number of piperidine rings is 1. The van der Waals surface area contributed by atoms with E-state index in [-0.39, 0.29) is 12.1 Å². The van der Waals surface area contributed by atoms with Gasteiger partial charge in [0.1, 0.15) is 6.10 Å². The van der Waals surface area contributed by atoms with Crippen molar-refractivity contribution in [1.82, 2.24) is 4.90 Å². The van der Waals surface area contributed by atoms with Gasteiger partial charge in [-0.25, -0.2) is 4.79 Å². The van der Waals surface area contributed by atoms with Crippen LogP contribution in [0.1, 0.15) is 23.2 Å². The molecule has 1 saturated heterocycles. The number of ether oxygens (including phenoxy) is 1. The fourth-order valence-electron chi connectivity index (χ4n) is 1.96. The van der Waals surface area contributed by atoms with Crippen molar-refractivity contribution < 1.29 is 9.53 Å². The topological polar surface area (TPSA) is 29.5 Å². The van der Waals surface area contributed by atoms with Gasteiger partial charge in [0.15, 0.2) is 0 Å². The first-order valence-corrected chi connectivity index (χ1v) is 6.29. The van der Waals surface area contributed by atoms with Crippen LogP contribution < -0.4 is 0 Å². The van der Waals surface area contributed by atoms with Crippen LogP contribution in [0.15, 0.2) is 29.2 Å². The SMILES string of the molecule is CN1CCC(OC(=O)c2ccccc2S)CC1. The average Bonchev–Trinajstić information content (AvgIpc) is 2.32. The summed E-state index contributed by atoms with van der Waals surface area (Å²) in [5, 5.41) is 0. The number of benzene rings is 1. The number of esters is 1. The number of thiol groups is 1. The molecular formula is C13H17NO2S. The highest BCUT2D eigenvalue weighted by atomic mass is 32.1. The predicted molar refractivity (Wildman–Crippen MR) is 69.6 cm³/mol. The largest absolute Gasteiger partial charge is 0.459 e. The molecule has 0 atom stereocenters. The molecule has 0 saturated carbocycles. The van der Waals surface area contributed by atoms with Gasteiger partial charge in [0.05, 0.1) is 5.56 Å². The zero-order valence-corrected chi connectivity index (χ0v) is 10.8. The summed E-state index contributed by atoms with van der Waals surface area (Å²) in [6.45, 7) is 1.97. The van der Waals surface area contributed by atoms with Crippen molar-refractivity contribution in [3.05, 3.63) is 29.8 Å². The van der Waals surface area contributed by atoms with Gasteiger partial charge in [-0.15, -0.1) is 12.6 Å². The summed E-state index contributed by atoms with van der Waals surface area (Å²) in [6.07, 6.45) is 1.88. The number of carbonyl (C=O) groups excluding carboxylic acids is 1. The molecule has 0 bridgehead atoms. The molecule has 4 heteroatoms. The van der Waals surface area contributed by atoms with E-state index in [0.717, 1.165) is 25.9 Å². The Labute approximate surface area is 107 Å². The lowest BCUT2D eigenvalue weighted by atomic mass is 10.1. The van der Waals surface area contributed by atoms with Crippen LogP contribution in [0.2, 0.25) is 0 Å². The Hall–Kier alpha value is -1.00. The van der Waals surface area contributed by atoms with Gasteiger partial charge < -0.3 is 9.64 Å². The molecule has 0 N–H and O–H groups in total. The zero-order valence-electron chi connectivity index (χ0n) is 9.93. The van der Waals surface area contributed by atoms with E-state index in [1.54, 1.807) is 12.1 Å². The van der Waals surface area contributed by atoms with Gasteiger partial charge in [-0.3, -0.25) is 0 Å². The monoisotopic (exact) mass is 251 g/mol. The fraction of sp³-hybridized carbons (Fsp3) is 0.462. The lowest BCUT2D eigenvalue weighted by molar-refractivity contribution is 0.0136. The van der Waals surface area contributed by atoms with Gasteiger partial charge in [-0.1, -0.05) is 12.1 Å². The highest BCUT2D eigenvalue weighted by molar-refractivity contribution is 7.80. The maximum atomic E-state index is 11.9. The van der Waals surface area contributed by atoms with Crippen LogP contribution in [0.5, 0.6) is 0 Å². The molecular weight excluding hydrogens is 234 g/mol. The number of nitrogens with zero attached hydrogens (tertiary/aromatic N) is 1. The maximum Gasteiger partial charge on any atom is 0.339 e. The van der Waals surface area contributed by atoms with Gasteiger partial charge in [0.25, 0.3) is 0 Å². The van der Waals surface area contributed by atoms with Crippen molar-refractivity contribution in [3.63, 3.8) is 0 Å². The second kappa shape index (κ2) is 5.56. The maximum absolute atomic E-state index is 11.9. The molecule has 1 heterocycles. The Balaban J connectivity index is 1.96.